The summed E-state index contributed by atoms with van der Waals surface area (Å²) in [6.45, 7) is 1.88. The number of carbonyl (C=O) groups excluding carboxylic acids is 1. The maximum Gasteiger partial charge on any atom is 0.330 e. The van der Waals surface area contributed by atoms with Crippen LogP contribution in [0, 0.1) is 6.92 Å². The van der Waals surface area contributed by atoms with E-state index in [1.165, 1.54) is 7.05 Å². The standard InChI is InChI=1S/C13H12N2O4/c1-8-4-3-5-9(6-8)19-11-10(7-16)12(17)15(2)13(18)14-11/h3-7H,1-2H3,(H,14,18). The van der Waals surface area contributed by atoms with Gasteiger partial charge in [0.2, 0.25) is 5.88 Å². The van der Waals surface area contributed by atoms with E-state index < -0.39 is 11.2 Å². The van der Waals surface area contributed by atoms with E-state index in [0.717, 1.165) is 10.1 Å². The van der Waals surface area contributed by atoms with Crippen molar-refractivity contribution in [3.05, 3.63) is 56.2 Å². The second kappa shape index (κ2) is 4.93. The minimum Gasteiger partial charge on any atom is -0.440 e. The van der Waals surface area contributed by atoms with Crippen LogP contribution in [0.15, 0.2) is 33.9 Å². The van der Waals surface area contributed by atoms with Crippen LogP contribution in [0.5, 0.6) is 11.6 Å². The summed E-state index contributed by atoms with van der Waals surface area (Å²) in [4.78, 5) is 36.5. The molecule has 2 aromatic rings. The van der Waals surface area contributed by atoms with Gasteiger partial charge < -0.3 is 4.74 Å². The van der Waals surface area contributed by atoms with Crippen LogP contribution in [-0.4, -0.2) is 15.8 Å². The Morgan fingerprint density at radius 2 is 2.05 bits per heavy atom. The molecule has 0 amide bonds. The fourth-order valence-corrected chi connectivity index (χ4v) is 1.60. The minimum atomic E-state index is -0.693. The van der Waals surface area contributed by atoms with Crippen molar-refractivity contribution in [3.63, 3.8) is 0 Å². The lowest BCUT2D eigenvalue weighted by atomic mass is 10.2. The molecule has 1 aromatic heterocycles. The quantitative estimate of drug-likeness (QED) is 0.834. The summed E-state index contributed by atoms with van der Waals surface area (Å²) in [7, 11) is 1.28. The van der Waals surface area contributed by atoms with Gasteiger partial charge in [-0.1, -0.05) is 12.1 Å². The molecule has 0 radical (unpaired) electrons. The number of aldehydes is 1. The highest BCUT2D eigenvalue weighted by atomic mass is 16.5. The fraction of sp³-hybridized carbons (Fsp3) is 0.154. The number of carbonyl (C=O) groups is 1. The normalized spacial score (nSPS) is 10.2. The molecule has 1 N–H and O–H groups in total. The summed E-state index contributed by atoms with van der Waals surface area (Å²) in [5.74, 6) is 0.292. The molecule has 19 heavy (non-hydrogen) atoms. The lowest BCUT2D eigenvalue weighted by Gasteiger charge is -2.08. The molecule has 98 valence electrons. The molecular weight excluding hydrogens is 248 g/mol. The second-order valence-electron chi connectivity index (χ2n) is 4.07. The third-order valence-corrected chi connectivity index (χ3v) is 2.63. The van der Waals surface area contributed by atoms with Crippen LogP contribution in [0.1, 0.15) is 15.9 Å². The maximum atomic E-state index is 11.7. The Labute approximate surface area is 108 Å². The van der Waals surface area contributed by atoms with Gasteiger partial charge in [0.05, 0.1) is 0 Å². The van der Waals surface area contributed by atoms with E-state index in [0.29, 0.717) is 12.0 Å². The van der Waals surface area contributed by atoms with Crippen LogP contribution in [0.3, 0.4) is 0 Å². The average molecular weight is 260 g/mol. The monoisotopic (exact) mass is 260 g/mol. The Hall–Kier alpha value is -2.63. The molecule has 0 bridgehead atoms. The van der Waals surface area contributed by atoms with Crippen LogP contribution in [0.25, 0.3) is 0 Å². The number of hydrogen-bond acceptors (Lipinski definition) is 4. The highest BCUT2D eigenvalue weighted by Gasteiger charge is 2.13. The maximum absolute atomic E-state index is 11.7. The minimum absolute atomic E-state index is 0.145. The average Bonchev–Trinajstić information content (AvgIpc) is 2.37. The molecule has 0 unspecified atom stereocenters. The third kappa shape index (κ3) is 2.47. The molecule has 0 saturated heterocycles. The first-order valence-corrected chi connectivity index (χ1v) is 5.56. The number of aryl methyl sites for hydroxylation is 1. The van der Waals surface area contributed by atoms with Gasteiger partial charge in [0.25, 0.3) is 5.56 Å². The number of benzene rings is 1. The van der Waals surface area contributed by atoms with Crippen molar-refractivity contribution < 1.29 is 9.53 Å². The van der Waals surface area contributed by atoms with Gasteiger partial charge in [-0.05, 0) is 24.6 Å². The molecule has 2 rings (SSSR count). The number of H-pyrrole nitrogens is 1. The van der Waals surface area contributed by atoms with Crippen LogP contribution in [0.4, 0.5) is 0 Å². The van der Waals surface area contributed by atoms with E-state index in [1.807, 2.05) is 13.0 Å². The highest BCUT2D eigenvalue weighted by molar-refractivity contribution is 5.77. The predicted octanol–water partition coefficient (Wildman–Crippen LogP) is 0.987. The number of nitrogens with zero attached hydrogens (tertiary/aromatic N) is 1. The Kier molecular flexibility index (Phi) is 3.33. The first-order valence-electron chi connectivity index (χ1n) is 5.56. The lowest BCUT2D eigenvalue weighted by molar-refractivity contribution is 0.111. The molecule has 0 aliphatic heterocycles. The summed E-state index contributed by atoms with van der Waals surface area (Å²) < 4.78 is 6.21. The third-order valence-electron chi connectivity index (χ3n) is 2.63. The zero-order valence-corrected chi connectivity index (χ0v) is 10.5. The van der Waals surface area contributed by atoms with Crippen molar-refractivity contribution in [2.75, 3.05) is 0 Å². The Bertz CT molecular complexity index is 743. The molecule has 0 saturated carbocycles. The van der Waals surface area contributed by atoms with Gasteiger partial charge in [-0.15, -0.1) is 0 Å². The number of aromatic amines is 1. The van der Waals surface area contributed by atoms with Gasteiger partial charge in [0.1, 0.15) is 11.3 Å². The van der Waals surface area contributed by atoms with E-state index in [9.17, 15) is 14.4 Å². The van der Waals surface area contributed by atoms with Crippen LogP contribution in [0.2, 0.25) is 0 Å². The van der Waals surface area contributed by atoms with E-state index in [-0.39, 0.29) is 11.4 Å². The van der Waals surface area contributed by atoms with Gasteiger partial charge in [-0.3, -0.25) is 19.1 Å². The molecule has 0 fully saturated rings. The molecule has 0 aliphatic carbocycles. The molecule has 6 heteroatoms. The molecule has 6 nitrogen and oxygen atoms in total. The van der Waals surface area contributed by atoms with Crippen LogP contribution in [-0.2, 0) is 7.05 Å². The zero-order chi connectivity index (χ0) is 14.0. The molecule has 1 aromatic carbocycles. The first kappa shape index (κ1) is 12.8. The van der Waals surface area contributed by atoms with E-state index in [1.54, 1.807) is 18.2 Å². The van der Waals surface area contributed by atoms with Gasteiger partial charge in [-0.2, -0.15) is 0 Å². The molecular formula is C13H12N2O4. The van der Waals surface area contributed by atoms with Gasteiger partial charge >= 0.3 is 5.69 Å². The number of hydrogen-bond donors (Lipinski definition) is 1. The predicted molar refractivity (Wildman–Crippen MR) is 68.9 cm³/mol. The van der Waals surface area contributed by atoms with Crippen molar-refractivity contribution in [3.8, 4) is 11.6 Å². The summed E-state index contributed by atoms with van der Waals surface area (Å²) in [5.41, 5.74) is -0.598. The number of aromatic nitrogens is 2. The second-order valence-corrected chi connectivity index (χ2v) is 4.07. The van der Waals surface area contributed by atoms with Crippen LogP contribution < -0.4 is 16.0 Å². The summed E-state index contributed by atoms with van der Waals surface area (Å²) >= 11 is 0. The van der Waals surface area contributed by atoms with E-state index in [4.69, 9.17) is 4.74 Å². The van der Waals surface area contributed by atoms with Gasteiger partial charge in [0, 0.05) is 7.05 Å². The highest BCUT2D eigenvalue weighted by Crippen LogP contribution is 2.20. The Morgan fingerprint density at radius 3 is 2.68 bits per heavy atom. The molecule has 0 spiro atoms. The zero-order valence-electron chi connectivity index (χ0n) is 10.5. The number of rotatable bonds is 3. The van der Waals surface area contributed by atoms with Crippen molar-refractivity contribution in [2.45, 2.75) is 6.92 Å². The van der Waals surface area contributed by atoms with Gasteiger partial charge in [-0.25, -0.2) is 4.79 Å². The van der Waals surface area contributed by atoms with Crippen molar-refractivity contribution >= 4 is 6.29 Å². The topological polar surface area (TPSA) is 81.2 Å². The molecule has 1 heterocycles. The van der Waals surface area contributed by atoms with E-state index in [2.05, 4.69) is 4.98 Å². The number of nitrogens with one attached hydrogen (secondary N) is 1. The molecule has 0 atom stereocenters. The summed E-state index contributed by atoms with van der Waals surface area (Å²) in [6, 6.07) is 7.03. The Morgan fingerprint density at radius 1 is 1.32 bits per heavy atom. The number of ether oxygens (including phenoxy) is 1. The summed E-state index contributed by atoms with van der Waals surface area (Å²) in [5, 5.41) is 0. The van der Waals surface area contributed by atoms with Crippen LogP contribution >= 0.6 is 0 Å². The van der Waals surface area contributed by atoms with Crippen molar-refractivity contribution in [2.24, 2.45) is 7.05 Å². The largest absolute Gasteiger partial charge is 0.440 e. The van der Waals surface area contributed by atoms with Crippen molar-refractivity contribution in [1.82, 2.24) is 9.55 Å². The smallest absolute Gasteiger partial charge is 0.330 e. The molecule has 0 aliphatic rings. The lowest BCUT2D eigenvalue weighted by Crippen LogP contribution is -2.35. The Balaban J connectivity index is 2.54. The first-order chi connectivity index (χ1) is 9.02. The summed E-state index contributed by atoms with van der Waals surface area (Å²) in [6.07, 6.45) is 0.364. The SMILES string of the molecule is Cc1cccc(Oc2[nH]c(=O)n(C)c(=O)c2C=O)c1. The van der Waals surface area contributed by atoms with Crippen molar-refractivity contribution in [1.29, 1.82) is 0 Å². The van der Waals surface area contributed by atoms with E-state index >= 15 is 0 Å². The fourth-order valence-electron chi connectivity index (χ4n) is 1.60. The van der Waals surface area contributed by atoms with Gasteiger partial charge in [0.15, 0.2) is 6.29 Å².